The number of benzene rings is 1. The quantitative estimate of drug-likeness (QED) is 0.832. The number of aryl methyl sites for hydroxylation is 1. The molecule has 1 saturated heterocycles. The van der Waals surface area contributed by atoms with Gasteiger partial charge in [0.15, 0.2) is 5.82 Å². The number of rotatable bonds is 1. The fourth-order valence-electron chi connectivity index (χ4n) is 2.26. The van der Waals surface area contributed by atoms with E-state index >= 15 is 0 Å². The van der Waals surface area contributed by atoms with Gasteiger partial charge in [-0.3, -0.25) is 4.79 Å². The number of hydrogen-bond acceptors (Lipinski definition) is 3. The number of aromatic amines is 1. The minimum Gasteiger partial charge on any atom is -0.334 e. The molecule has 3 rings (SSSR count). The van der Waals surface area contributed by atoms with Crippen molar-refractivity contribution in [1.29, 1.82) is 0 Å². The largest absolute Gasteiger partial charge is 0.334 e. The van der Waals surface area contributed by atoms with Crippen molar-refractivity contribution >= 4 is 28.5 Å². The molecule has 1 aromatic carbocycles. The molecule has 1 aliphatic rings. The second-order valence-corrected chi connectivity index (χ2v) is 5.15. The van der Waals surface area contributed by atoms with Crippen LogP contribution in [0, 0.1) is 6.92 Å². The number of amides is 1. The molecule has 1 aromatic heterocycles. The van der Waals surface area contributed by atoms with Gasteiger partial charge in [0.05, 0.1) is 11.0 Å². The number of H-pyrrole nitrogens is 1. The summed E-state index contributed by atoms with van der Waals surface area (Å²) in [5.74, 6) is 0.338. The van der Waals surface area contributed by atoms with Crippen LogP contribution in [0.25, 0.3) is 11.0 Å². The van der Waals surface area contributed by atoms with Crippen LogP contribution in [0.15, 0.2) is 12.1 Å². The summed E-state index contributed by atoms with van der Waals surface area (Å²) in [5.41, 5.74) is 2.55. The van der Waals surface area contributed by atoms with Crippen molar-refractivity contribution in [2.45, 2.75) is 6.92 Å². The standard InChI is InChI=1S/C13H15ClN4O/c1-8-6-10-11(7-9(8)14)17-12(16-10)13(19)18-4-2-15-3-5-18/h6-7,15H,2-5H2,1H3,(H,16,17). The molecule has 1 aliphatic heterocycles. The third-order valence-electron chi connectivity index (χ3n) is 3.37. The van der Waals surface area contributed by atoms with Crippen molar-refractivity contribution in [2.75, 3.05) is 26.2 Å². The first kappa shape index (κ1) is 12.4. The van der Waals surface area contributed by atoms with Crippen LogP contribution in [0.3, 0.4) is 0 Å². The van der Waals surface area contributed by atoms with E-state index in [0.29, 0.717) is 10.8 Å². The number of halogens is 1. The van der Waals surface area contributed by atoms with Gasteiger partial charge >= 0.3 is 0 Å². The van der Waals surface area contributed by atoms with Crippen LogP contribution in [0.2, 0.25) is 5.02 Å². The number of imidazole rings is 1. The summed E-state index contributed by atoms with van der Waals surface area (Å²) in [7, 11) is 0. The number of piperazine rings is 1. The zero-order valence-electron chi connectivity index (χ0n) is 10.7. The minimum absolute atomic E-state index is 0.0496. The van der Waals surface area contributed by atoms with E-state index in [9.17, 15) is 4.79 Å². The average molecular weight is 279 g/mol. The first-order valence-corrected chi connectivity index (χ1v) is 6.69. The molecule has 0 unspecified atom stereocenters. The van der Waals surface area contributed by atoms with Crippen molar-refractivity contribution in [1.82, 2.24) is 20.2 Å². The number of carbonyl (C=O) groups excluding carboxylic acids is 1. The van der Waals surface area contributed by atoms with Crippen molar-refractivity contribution < 1.29 is 4.79 Å². The van der Waals surface area contributed by atoms with E-state index in [1.54, 1.807) is 6.07 Å². The van der Waals surface area contributed by atoms with E-state index in [0.717, 1.165) is 42.8 Å². The molecule has 1 amide bonds. The zero-order valence-corrected chi connectivity index (χ0v) is 11.4. The topological polar surface area (TPSA) is 61.0 Å². The SMILES string of the molecule is Cc1cc2[nH]c(C(=O)N3CCNCC3)nc2cc1Cl. The number of nitrogens with zero attached hydrogens (tertiary/aromatic N) is 2. The molecule has 0 atom stereocenters. The summed E-state index contributed by atoms with van der Waals surface area (Å²) >= 11 is 6.07. The maximum absolute atomic E-state index is 12.3. The van der Waals surface area contributed by atoms with Gasteiger partial charge in [-0.25, -0.2) is 4.98 Å². The Morgan fingerprint density at radius 3 is 2.84 bits per heavy atom. The molecule has 6 heteroatoms. The van der Waals surface area contributed by atoms with Crippen molar-refractivity contribution in [2.24, 2.45) is 0 Å². The molecule has 0 bridgehead atoms. The van der Waals surface area contributed by atoms with Gasteiger partial charge < -0.3 is 15.2 Å². The van der Waals surface area contributed by atoms with Gasteiger partial charge in [-0.05, 0) is 24.6 Å². The van der Waals surface area contributed by atoms with Gasteiger partial charge in [0, 0.05) is 31.2 Å². The van der Waals surface area contributed by atoms with Gasteiger partial charge in [0.1, 0.15) is 0 Å². The minimum atomic E-state index is -0.0496. The lowest BCUT2D eigenvalue weighted by atomic mass is 10.2. The molecule has 2 N–H and O–H groups in total. The van der Waals surface area contributed by atoms with Crippen LogP contribution >= 0.6 is 11.6 Å². The van der Waals surface area contributed by atoms with Gasteiger partial charge in [-0.2, -0.15) is 0 Å². The summed E-state index contributed by atoms with van der Waals surface area (Å²) < 4.78 is 0. The number of fused-ring (bicyclic) bond motifs is 1. The molecule has 2 aromatic rings. The molecule has 2 heterocycles. The van der Waals surface area contributed by atoms with Crippen LogP contribution < -0.4 is 5.32 Å². The summed E-state index contributed by atoms with van der Waals surface area (Å²) in [5, 5.41) is 3.89. The van der Waals surface area contributed by atoms with Crippen molar-refractivity contribution in [3.63, 3.8) is 0 Å². The first-order valence-electron chi connectivity index (χ1n) is 6.31. The molecule has 19 heavy (non-hydrogen) atoms. The van der Waals surface area contributed by atoms with E-state index in [1.807, 2.05) is 17.9 Å². The van der Waals surface area contributed by atoms with Crippen molar-refractivity contribution in [3.8, 4) is 0 Å². The number of carbonyl (C=O) groups is 1. The summed E-state index contributed by atoms with van der Waals surface area (Å²) in [6.07, 6.45) is 0. The summed E-state index contributed by atoms with van der Waals surface area (Å²) in [4.78, 5) is 21.5. The van der Waals surface area contributed by atoms with Crippen LogP contribution in [-0.4, -0.2) is 47.0 Å². The predicted octanol–water partition coefficient (Wildman–Crippen LogP) is 1.57. The Morgan fingerprint density at radius 2 is 2.11 bits per heavy atom. The smallest absolute Gasteiger partial charge is 0.289 e. The van der Waals surface area contributed by atoms with Crippen LogP contribution in [-0.2, 0) is 0 Å². The van der Waals surface area contributed by atoms with Crippen LogP contribution in [0.5, 0.6) is 0 Å². The van der Waals surface area contributed by atoms with E-state index in [4.69, 9.17) is 11.6 Å². The third-order valence-corrected chi connectivity index (χ3v) is 3.78. The molecule has 100 valence electrons. The Hall–Kier alpha value is -1.59. The Balaban J connectivity index is 1.94. The lowest BCUT2D eigenvalue weighted by molar-refractivity contribution is 0.0725. The molecular weight excluding hydrogens is 264 g/mol. The van der Waals surface area contributed by atoms with E-state index in [2.05, 4.69) is 15.3 Å². The monoisotopic (exact) mass is 278 g/mol. The molecule has 0 radical (unpaired) electrons. The van der Waals surface area contributed by atoms with Gasteiger partial charge in [0.2, 0.25) is 0 Å². The highest BCUT2D eigenvalue weighted by Gasteiger charge is 2.21. The third kappa shape index (κ3) is 2.31. The molecule has 0 aliphatic carbocycles. The van der Waals surface area contributed by atoms with Crippen LogP contribution in [0.4, 0.5) is 0 Å². The highest BCUT2D eigenvalue weighted by Crippen LogP contribution is 2.22. The number of aromatic nitrogens is 2. The van der Waals surface area contributed by atoms with E-state index in [-0.39, 0.29) is 5.91 Å². The fraction of sp³-hybridized carbons (Fsp3) is 0.385. The number of hydrogen-bond donors (Lipinski definition) is 2. The lowest BCUT2D eigenvalue weighted by Crippen LogP contribution is -2.46. The highest BCUT2D eigenvalue weighted by atomic mass is 35.5. The molecular formula is C13H15ClN4O. The predicted molar refractivity (Wildman–Crippen MR) is 74.6 cm³/mol. The number of nitrogens with one attached hydrogen (secondary N) is 2. The summed E-state index contributed by atoms with van der Waals surface area (Å²) in [6, 6.07) is 3.70. The van der Waals surface area contributed by atoms with Gasteiger partial charge in [-0.15, -0.1) is 0 Å². The Morgan fingerprint density at radius 1 is 1.37 bits per heavy atom. The Labute approximate surface area is 116 Å². The van der Waals surface area contributed by atoms with E-state index < -0.39 is 0 Å². The molecule has 5 nitrogen and oxygen atoms in total. The zero-order chi connectivity index (χ0) is 13.4. The van der Waals surface area contributed by atoms with Gasteiger partial charge in [0.25, 0.3) is 5.91 Å². The lowest BCUT2D eigenvalue weighted by Gasteiger charge is -2.26. The second kappa shape index (κ2) is 4.83. The second-order valence-electron chi connectivity index (χ2n) is 4.75. The Bertz CT molecular complexity index is 592. The normalized spacial score (nSPS) is 16.0. The maximum atomic E-state index is 12.3. The van der Waals surface area contributed by atoms with Crippen LogP contribution in [0.1, 0.15) is 16.2 Å². The maximum Gasteiger partial charge on any atom is 0.289 e. The highest BCUT2D eigenvalue weighted by molar-refractivity contribution is 6.32. The van der Waals surface area contributed by atoms with Gasteiger partial charge in [-0.1, -0.05) is 11.6 Å². The fourth-order valence-corrected chi connectivity index (χ4v) is 2.42. The Kier molecular flexibility index (Phi) is 3.16. The molecule has 0 spiro atoms. The van der Waals surface area contributed by atoms with E-state index in [1.165, 1.54) is 0 Å². The average Bonchev–Trinajstić information content (AvgIpc) is 2.82. The molecule has 1 fully saturated rings. The first-order chi connectivity index (χ1) is 9.15. The van der Waals surface area contributed by atoms with Crippen molar-refractivity contribution in [3.05, 3.63) is 28.5 Å². The summed E-state index contributed by atoms with van der Waals surface area (Å²) in [6.45, 7) is 5.03. The molecule has 0 saturated carbocycles.